The quantitative estimate of drug-likeness (QED) is 0.366. The Morgan fingerprint density at radius 1 is 1.11 bits per heavy atom. The summed E-state index contributed by atoms with van der Waals surface area (Å²) in [6.45, 7) is 7.74. The molecular weight excluding hydrogens is 503 g/mol. The van der Waals surface area contributed by atoms with Crippen LogP contribution in [-0.2, 0) is 26.5 Å². The van der Waals surface area contributed by atoms with Gasteiger partial charge in [0.1, 0.15) is 22.3 Å². The standard InChI is InChI=1S/C25H25FN4O4S2/c1-14-10-15(11-22(31)28-24-30-29-23(35-24)25(2,3)4)18(26)13-21(14)34-20-8-9-27-19-7-6-16(12-17(19)20)36(5,32)33/h6-10,12-13H,11H2,1-5H3,(H,28,30,31). The molecule has 11 heteroatoms. The number of halogens is 1. The summed E-state index contributed by atoms with van der Waals surface area (Å²) in [4.78, 5) is 16.9. The van der Waals surface area contributed by atoms with Gasteiger partial charge in [-0.3, -0.25) is 9.78 Å². The van der Waals surface area contributed by atoms with Gasteiger partial charge in [0.05, 0.1) is 16.8 Å². The van der Waals surface area contributed by atoms with Crippen molar-refractivity contribution in [3.8, 4) is 11.5 Å². The van der Waals surface area contributed by atoms with Crippen LogP contribution in [0.2, 0.25) is 0 Å². The summed E-state index contributed by atoms with van der Waals surface area (Å²) in [6.07, 6.45) is 2.46. The smallest absolute Gasteiger partial charge is 0.230 e. The fourth-order valence-corrected chi connectivity index (χ4v) is 4.88. The minimum atomic E-state index is -3.43. The average molecular weight is 529 g/mol. The van der Waals surface area contributed by atoms with Gasteiger partial charge < -0.3 is 10.1 Å². The number of hydrogen-bond donors (Lipinski definition) is 1. The van der Waals surface area contributed by atoms with Gasteiger partial charge in [0, 0.05) is 29.3 Å². The molecule has 0 unspecified atom stereocenters. The van der Waals surface area contributed by atoms with Crippen molar-refractivity contribution in [2.75, 3.05) is 11.6 Å². The molecule has 1 amide bonds. The van der Waals surface area contributed by atoms with E-state index in [1.54, 1.807) is 25.1 Å². The third kappa shape index (κ3) is 5.68. The summed E-state index contributed by atoms with van der Waals surface area (Å²) >= 11 is 1.28. The highest BCUT2D eigenvalue weighted by Gasteiger charge is 2.21. The first kappa shape index (κ1) is 25.6. The van der Waals surface area contributed by atoms with Crippen molar-refractivity contribution in [3.63, 3.8) is 0 Å². The summed E-state index contributed by atoms with van der Waals surface area (Å²) in [7, 11) is -3.43. The number of sulfone groups is 1. The van der Waals surface area contributed by atoms with Crippen LogP contribution in [0, 0.1) is 12.7 Å². The lowest BCUT2D eigenvalue weighted by Crippen LogP contribution is -2.15. The molecule has 0 spiro atoms. The molecule has 0 fully saturated rings. The Bertz CT molecular complexity index is 1580. The van der Waals surface area contributed by atoms with Crippen molar-refractivity contribution in [1.29, 1.82) is 0 Å². The number of aromatic nitrogens is 3. The zero-order valence-corrected chi connectivity index (χ0v) is 22.1. The van der Waals surface area contributed by atoms with Gasteiger partial charge in [0.15, 0.2) is 9.84 Å². The lowest BCUT2D eigenvalue weighted by Gasteiger charge is -2.13. The van der Waals surface area contributed by atoms with Gasteiger partial charge in [-0.1, -0.05) is 32.1 Å². The largest absolute Gasteiger partial charge is 0.456 e. The summed E-state index contributed by atoms with van der Waals surface area (Å²) in [6, 6.07) is 8.90. The summed E-state index contributed by atoms with van der Waals surface area (Å²) in [5, 5.41) is 12.4. The van der Waals surface area contributed by atoms with E-state index in [4.69, 9.17) is 4.74 Å². The SMILES string of the molecule is Cc1cc(CC(=O)Nc2nnc(C(C)(C)C)s2)c(F)cc1Oc1ccnc2ccc(S(C)(=O)=O)cc12. The van der Waals surface area contributed by atoms with E-state index in [1.165, 1.54) is 35.7 Å². The fourth-order valence-electron chi connectivity index (χ4n) is 3.42. The molecule has 0 radical (unpaired) electrons. The molecule has 2 aromatic heterocycles. The second-order valence-electron chi connectivity index (χ2n) is 9.46. The van der Waals surface area contributed by atoms with Gasteiger partial charge >= 0.3 is 0 Å². The molecule has 0 saturated carbocycles. The molecule has 0 aliphatic carbocycles. The normalized spacial score (nSPS) is 12.1. The molecule has 1 N–H and O–H groups in total. The second kappa shape index (κ2) is 9.55. The maximum absolute atomic E-state index is 14.9. The number of hydrogen-bond acceptors (Lipinski definition) is 8. The van der Waals surface area contributed by atoms with Crippen molar-refractivity contribution < 1.29 is 22.3 Å². The molecule has 0 aliphatic rings. The van der Waals surface area contributed by atoms with E-state index >= 15 is 0 Å². The minimum Gasteiger partial charge on any atom is -0.456 e. The van der Waals surface area contributed by atoms with Crippen LogP contribution in [-0.4, -0.2) is 35.8 Å². The van der Waals surface area contributed by atoms with Crippen LogP contribution in [0.25, 0.3) is 10.9 Å². The zero-order valence-electron chi connectivity index (χ0n) is 20.4. The minimum absolute atomic E-state index is 0.127. The van der Waals surface area contributed by atoms with Crippen molar-refractivity contribution in [1.82, 2.24) is 15.2 Å². The molecule has 188 valence electrons. The van der Waals surface area contributed by atoms with Gasteiger partial charge in [-0.2, -0.15) is 0 Å². The number of ether oxygens (including phenoxy) is 1. The van der Waals surface area contributed by atoms with Crippen LogP contribution in [0.1, 0.15) is 36.9 Å². The van der Waals surface area contributed by atoms with Crippen LogP contribution in [0.5, 0.6) is 11.5 Å². The number of benzene rings is 2. The monoisotopic (exact) mass is 528 g/mol. The molecular formula is C25H25FN4O4S2. The van der Waals surface area contributed by atoms with Crippen LogP contribution in [0.3, 0.4) is 0 Å². The molecule has 36 heavy (non-hydrogen) atoms. The Hall–Kier alpha value is -3.44. The summed E-state index contributed by atoms with van der Waals surface area (Å²) < 4.78 is 44.9. The zero-order chi connectivity index (χ0) is 26.3. The molecule has 0 saturated heterocycles. The van der Waals surface area contributed by atoms with Crippen molar-refractivity contribution in [3.05, 3.63) is 64.5 Å². The van der Waals surface area contributed by atoms with Crippen molar-refractivity contribution in [2.24, 2.45) is 0 Å². The van der Waals surface area contributed by atoms with Gasteiger partial charge in [-0.05, 0) is 48.4 Å². The molecule has 2 heterocycles. The molecule has 4 rings (SSSR count). The molecule has 2 aromatic carbocycles. The van der Waals surface area contributed by atoms with E-state index in [1.807, 2.05) is 20.8 Å². The number of aryl methyl sites for hydroxylation is 1. The summed E-state index contributed by atoms with van der Waals surface area (Å²) in [5.41, 5.74) is 1.16. The fraction of sp³-hybridized carbons (Fsp3) is 0.280. The van der Waals surface area contributed by atoms with E-state index in [0.29, 0.717) is 27.3 Å². The maximum atomic E-state index is 14.9. The first-order valence-corrected chi connectivity index (χ1v) is 13.7. The number of nitrogens with zero attached hydrogens (tertiary/aromatic N) is 3. The number of carbonyl (C=O) groups is 1. The highest BCUT2D eigenvalue weighted by atomic mass is 32.2. The van der Waals surface area contributed by atoms with Crippen LogP contribution >= 0.6 is 11.3 Å². The second-order valence-corrected chi connectivity index (χ2v) is 12.5. The first-order chi connectivity index (χ1) is 16.8. The van der Waals surface area contributed by atoms with Gasteiger partial charge in [0.2, 0.25) is 11.0 Å². The Morgan fingerprint density at radius 3 is 2.53 bits per heavy atom. The van der Waals surface area contributed by atoms with Gasteiger partial charge in [0.25, 0.3) is 0 Å². The Morgan fingerprint density at radius 2 is 1.86 bits per heavy atom. The third-order valence-corrected chi connectivity index (χ3v) is 7.70. The number of amides is 1. The first-order valence-electron chi connectivity index (χ1n) is 11.0. The number of anilines is 1. The van der Waals surface area contributed by atoms with Crippen molar-refractivity contribution in [2.45, 2.75) is 44.4 Å². The van der Waals surface area contributed by atoms with E-state index in [2.05, 4.69) is 20.5 Å². The molecule has 0 aliphatic heterocycles. The number of carbonyl (C=O) groups excluding carboxylic acids is 1. The van der Waals surface area contributed by atoms with Crippen LogP contribution in [0.4, 0.5) is 9.52 Å². The van der Waals surface area contributed by atoms with Crippen LogP contribution < -0.4 is 10.1 Å². The molecule has 8 nitrogen and oxygen atoms in total. The summed E-state index contributed by atoms with van der Waals surface area (Å²) in [5.74, 6) is -0.433. The molecule has 0 bridgehead atoms. The lowest BCUT2D eigenvalue weighted by atomic mass is 9.98. The number of nitrogens with one attached hydrogen (secondary N) is 1. The number of fused-ring (bicyclic) bond motifs is 1. The predicted molar refractivity (Wildman–Crippen MR) is 137 cm³/mol. The number of rotatable bonds is 6. The average Bonchev–Trinajstić information content (AvgIpc) is 3.25. The maximum Gasteiger partial charge on any atom is 0.230 e. The third-order valence-electron chi connectivity index (χ3n) is 5.33. The predicted octanol–water partition coefficient (Wildman–Crippen LogP) is 5.21. The number of pyridine rings is 1. The lowest BCUT2D eigenvalue weighted by molar-refractivity contribution is -0.115. The topological polar surface area (TPSA) is 111 Å². The highest BCUT2D eigenvalue weighted by molar-refractivity contribution is 7.90. The van der Waals surface area contributed by atoms with E-state index in [0.717, 1.165) is 11.3 Å². The Labute approximate surface area is 212 Å². The van der Waals surface area contributed by atoms with Crippen molar-refractivity contribution >= 4 is 43.1 Å². The van der Waals surface area contributed by atoms with Crippen LogP contribution in [0.15, 0.2) is 47.5 Å². The highest BCUT2D eigenvalue weighted by Crippen LogP contribution is 2.33. The molecule has 0 atom stereocenters. The van der Waals surface area contributed by atoms with E-state index in [-0.39, 0.29) is 28.0 Å². The van der Waals surface area contributed by atoms with E-state index < -0.39 is 21.6 Å². The molecule has 4 aromatic rings. The van der Waals surface area contributed by atoms with E-state index in [9.17, 15) is 17.6 Å². The Balaban J connectivity index is 1.55. The van der Waals surface area contributed by atoms with Gasteiger partial charge in [-0.15, -0.1) is 10.2 Å². The van der Waals surface area contributed by atoms with Gasteiger partial charge in [-0.25, -0.2) is 12.8 Å². The Kier molecular flexibility index (Phi) is 6.80.